The van der Waals surface area contributed by atoms with Crippen LogP contribution in [-0.2, 0) is 22.6 Å². The number of hydrogen-bond donors (Lipinski definition) is 2. The summed E-state index contributed by atoms with van der Waals surface area (Å²) >= 11 is 7.36. The number of para-hydroxylation sites is 1. The van der Waals surface area contributed by atoms with E-state index in [0.717, 1.165) is 11.3 Å². The first-order chi connectivity index (χ1) is 15.0. The Balaban J connectivity index is 1.62. The fourth-order valence-corrected chi connectivity index (χ4v) is 3.68. The van der Waals surface area contributed by atoms with E-state index >= 15 is 0 Å². The van der Waals surface area contributed by atoms with E-state index in [1.165, 1.54) is 11.8 Å². The lowest BCUT2D eigenvalue weighted by molar-refractivity contribution is -0.116. The molecule has 0 aliphatic heterocycles. The smallest absolute Gasteiger partial charge is 0.234 e. The molecule has 0 spiro atoms. The molecule has 0 radical (unpaired) electrons. The molecule has 31 heavy (non-hydrogen) atoms. The van der Waals surface area contributed by atoms with E-state index in [9.17, 15) is 9.59 Å². The van der Waals surface area contributed by atoms with Crippen LogP contribution in [0.1, 0.15) is 11.4 Å². The fourth-order valence-electron chi connectivity index (χ4n) is 2.74. The number of aromatic nitrogens is 3. The Labute approximate surface area is 189 Å². The van der Waals surface area contributed by atoms with Crippen LogP contribution in [-0.4, -0.2) is 32.3 Å². The second kappa shape index (κ2) is 10.8. The Kier molecular flexibility index (Phi) is 7.86. The summed E-state index contributed by atoms with van der Waals surface area (Å²) < 4.78 is 1.77. The molecular formula is C22H22ClN5O2S. The summed E-state index contributed by atoms with van der Waals surface area (Å²) in [7, 11) is 0. The summed E-state index contributed by atoms with van der Waals surface area (Å²) in [4.78, 5) is 24.7. The largest absolute Gasteiger partial charge is 0.326 e. The number of amides is 2. The van der Waals surface area contributed by atoms with Gasteiger partial charge in [0.1, 0.15) is 5.82 Å². The molecule has 0 atom stereocenters. The first-order valence-corrected chi connectivity index (χ1v) is 10.9. The maximum absolute atomic E-state index is 12.5. The topological polar surface area (TPSA) is 88.9 Å². The SMILES string of the molecule is C=CCn1c(CC(=O)Nc2ccc(C)c(Cl)c2)nnc1SCC(=O)Nc1ccccc1. The van der Waals surface area contributed by atoms with Gasteiger partial charge in [-0.15, -0.1) is 16.8 Å². The summed E-state index contributed by atoms with van der Waals surface area (Å²) in [6.07, 6.45) is 1.72. The molecule has 2 amide bonds. The van der Waals surface area contributed by atoms with Gasteiger partial charge < -0.3 is 15.2 Å². The maximum Gasteiger partial charge on any atom is 0.234 e. The van der Waals surface area contributed by atoms with Crippen molar-refractivity contribution in [1.29, 1.82) is 0 Å². The Morgan fingerprint density at radius 1 is 1.10 bits per heavy atom. The number of nitrogens with one attached hydrogen (secondary N) is 2. The molecule has 0 aliphatic rings. The Bertz CT molecular complexity index is 1080. The zero-order valence-electron chi connectivity index (χ0n) is 17.0. The average Bonchev–Trinajstić information content (AvgIpc) is 3.11. The number of halogens is 1. The summed E-state index contributed by atoms with van der Waals surface area (Å²) in [5, 5.41) is 15.1. The molecule has 0 fully saturated rings. The number of carbonyl (C=O) groups is 2. The third kappa shape index (κ3) is 6.44. The first-order valence-electron chi connectivity index (χ1n) is 9.53. The van der Waals surface area contributed by atoms with Crippen molar-refractivity contribution in [3.63, 3.8) is 0 Å². The lowest BCUT2D eigenvalue weighted by atomic mass is 10.2. The fraction of sp³-hybridized carbons (Fsp3) is 0.182. The molecule has 0 saturated carbocycles. The van der Waals surface area contributed by atoms with Crippen LogP contribution in [0.4, 0.5) is 11.4 Å². The number of allylic oxidation sites excluding steroid dienone is 1. The number of hydrogen-bond acceptors (Lipinski definition) is 5. The van der Waals surface area contributed by atoms with Crippen LogP contribution in [0, 0.1) is 6.92 Å². The molecule has 0 aliphatic carbocycles. The highest BCUT2D eigenvalue weighted by Gasteiger charge is 2.16. The number of thioether (sulfide) groups is 1. The van der Waals surface area contributed by atoms with Gasteiger partial charge in [-0.3, -0.25) is 9.59 Å². The number of carbonyl (C=O) groups excluding carboxylic acids is 2. The predicted octanol–water partition coefficient (Wildman–Crippen LogP) is 4.34. The van der Waals surface area contributed by atoms with E-state index in [1.807, 2.05) is 43.3 Å². The highest BCUT2D eigenvalue weighted by atomic mass is 35.5. The molecule has 2 N–H and O–H groups in total. The van der Waals surface area contributed by atoms with Gasteiger partial charge in [-0.05, 0) is 36.8 Å². The summed E-state index contributed by atoms with van der Waals surface area (Å²) in [5.41, 5.74) is 2.28. The van der Waals surface area contributed by atoms with Crippen LogP contribution in [0.5, 0.6) is 0 Å². The number of nitrogens with zero attached hydrogens (tertiary/aromatic N) is 3. The quantitative estimate of drug-likeness (QED) is 0.370. The zero-order valence-corrected chi connectivity index (χ0v) is 18.5. The molecule has 7 nitrogen and oxygen atoms in total. The Morgan fingerprint density at radius 3 is 2.55 bits per heavy atom. The van der Waals surface area contributed by atoms with Gasteiger partial charge in [-0.25, -0.2) is 0 Å². The van der Waals surface area contributed by atoms with Crippen molar-refractivity contribution >= 4 is 46.6 Å². The van der Waals surface area contributed by atoms with Crippen molar-refractivity contribution < 1.29 is 9.59 Å². The molecule has 0 saturated heterocycles. The second-order valence-corrected chi connectivity index (χ2v) is 8.04. The van der Waals surface area contributed by atoms with Gasteiger partial charge in [0.05, 0.1) is 12.2 Å². The minimum absolute atomic E-state index is 0.0309. The van der Waals surface area contributed by atoms with Crippen molar-refractivity contribution in [3.05, 3.63) is 77.6 Å². The lowest BCUT2D eigenvalue weighted by Crippen LogP contribution is -2.18. The van der Waals surface area contributed by atoms with Crippen molar-refractivity contribution in [1.82, 2.24) is 14.8 Å². The van der Waals surface area contributed by atoms with Gasteiger partial charge in [0.25, 0.3) is 0 Å². The van der Waals surface area contributed by atoms with Crippen molar-refractivity contribution in [3.8, 4) is 0 Å². The predicted molar refractivity (Wildman–Crippen MR) is 125 cm³/mol. The molecule has 3 aromatic rings. The van der Waals surface area contributed by atoms with Gasteiger partial charge in [0, 0.05) is 22.9 Å². The van der Waals surface area contributed by atoms with Crippen LogP contribution in [0.3, 0.4) is 0 Å². The molecule has 1 heterocycles. The van der Waals surface area contributed by atoms with E-state index in [-0.39, 0.29) is 24.0 Å². The van der Waals surface area contributed by atoms with Crippen LogP contribution in [0.15, 0.2) is 66.3 Å². The molecule has 1 aromatic heterocycles. The Morgan fingerprint density at radius 2 is 1.84 bits per heavy atom. The minimum Gasteiger partial charge on any atom is -0.326 e. The van der Waals surface area contributed by atoms with E-state index in [0.29, 0.717) is 28.2 Å². The molecule has 160 valence electrons. The summed E-state index contributed by atoms with van der Waals surface area (Å²) in [5.74, 6) is 0.260. The molecular weight excluding hydrogens is 434 g/mol. The number of benzene rings is 2. The molecule has 0 bridgehead atoms. The summed E-state index contributed by atoms with van der Waals surface area (Å²) in [6.45, 7) is 6.07. The van der Waals surface area contributed by atoms with E-state index in [1.54, 1.807) is 22.8 Å². The van der Waals surface area contributed by atoms with E-state index in [4.69, 9.17) is 11.6 Å². The molecule has 9 heteroatoms. The van der Waals surface area contributed by atoms with Crippen LogP contribution in [0.2, 0.25) is 5.02 Å². The van der Waals surface area contributed by atoms with Crippen LogP contribution < -0.4 is 10.6 Å². The van der Waals surface area contributed by atoms with Crippen LogP contribution >= 0.6 is 23.4 Å². The standard InChI is InChI=1S/C22H22ClN5O2S/c1-3-11-28-19(13-20(29)25-17-10-9-15(2)18(23)12-17)26-27-22(28)31-14-21(30)24-16-7-5-4-6-8-16/h3-10,12H,1,11,13-14H2,2H3,(H,24,30)(H,25,29). The summed E-state index contributed by atoms with van der Waals surface area (Å²) in [6, 6.07) is 14.6. The normalized spacial score (nSPS) is 10.5. The number of rotatable bonds is 9. The molecule has 3 rings (SSSR count). The minimum atomic E-state index is -0.240. The van der Waals surface area contributed by atoms with Crippen molar-refractivity contribution in [2.75, 3.05) is 16.4 Å². The van der Waals surface area contributed by atoms with E-state index in [2.05, 4.69) is 27.4 Å². The van der Waals surface area contributed by atoms with Crippen molar-refractivity contribution in [2.24, 2.45) is 0 Å². The average molecular weight is 456 g/mol. The van der Waals surface area contributed by atoms with Crippen LogP contribution in [0.25, 0.3) is 0 Å². The van der Waals surface area contributed by atoms with Gasteiger partial charge in [-0.1, -0.05) is 53.7 Å². The lowest BCUT2D eigenvalue weighted by Gasteiger charge is -2.09. The highest BCUT2D eigenvalue weighted by Crippen LogP contribution is 2.21. The number of aryl methyl sites for hydroxylation is 1. The van der Waals surface area contributed by atoms with Gasteiger partial charge in [0.15, 0.2) is 5.16 Å². The first kappa shape index (κ1) is 22.6. The number of anilines is 2. The monoisotopic (exact) mass is 455 g/mol. The van der Waals surface area contributed by atoms with Gasteiger partial charge >= 0.3 is 0 Å². The Hall–Kier alpha value is -3.10. The second-order valence-electron chi connectivity index (χ2n) is 6.69. The highest BCUT2D eigenvalue weighted by molar-refractivity contribution is 7.99. The third-order valence-electron chi connectivity index (χ3n) is 4.27. The van der Waals surface area contributed by atoms with Gasteiger partial charge in [-0.2, -0.15) is 0 Å². The van der Waals surface area contributed by atoms with E-state index < -0.39 is 0 Å². The maximum atomic E-state index is 12.5. The zero-order chi connectivity index (χ0) is 22.2. The molecule has 2 aromatic carbocycles. The molecule has 0 unspecified atom stereocenters. The third-order valence-corrected chi connectivity index (χ3v) is 5.64. The van der Waals surface area contributed by atoms with Crippen molar-refractivity contribution in [2.45, 2.75) is 25.0 Å². The van der Waals surface area contributed by atoms with Gasteiger partial charge in [0.2, 0.25) is 11.8 Å².